The highest BCUT2D eigenvalue weighted by molar-refractivity contribution is 7.12. The quantitative estimate of drug-likeness (QED) is 0.511. The van der Waals surface area contributed by atoms with Crippen molar-refractivity contribution in [3.8, 4) is 23.0 Å². The molecule has 34 heavy (non-hydrogen) atoms. The zero-order valence-electron chi connectivity index (χ0n) is 18.3. The van der Waals surface area contributed by atoms with Crippen LogP contribution in [0.5, 0.6) is 23.0 Å². The van der Waals surface area contributed by atoms with Gasteiger partial charge in [-0.2, -0.15) is 0 Å². The van der Waals surface area contributed by atoms with Crippen LogP contribution < -0.4 is 18.9 Å². The van der Waals surface area contributed by atoms with Crippen LogP contribution in [0.4, 0.5) is 0 Å². The lowest BCUT2D eigenvalue weighted by molar-refractivity contribution is -0.130. The first-order valence-electron chi connectivity index (χ1n) is 10.3. The van der Waals surface area contributed by atoms with Gasteiger partial charge in [0.25, 0.3) is 5.91 Å². The van der Waals surface area contributed by atoms with Crippen molar-refractivity contribution >= 4 is 23.0 Å². The second kappa shape index (κ2) is 8.71. The van der Waals surface area contributed by atoms with E-state index in [2.05, 4.69) is 4.98 Å². The van der Waals surface area contributed by atoms with Crippen LogP contribution in [0.3, 0.4) is 0 Å². The number of pyridine rings is 1. The van der Waals surface area contributed by atoms with E-state index in [0.717, 1.165) is 5.56 Å². The Labute approximate surface area is 198 Å². The van der Waals surface area contributed by atoms with Crippen LogP contribution in [0.1, 0.15) is 26.8 Å². The second-order valence-electron chi connectivity index (χ2n) is 7.53. The van der Waals surface area contributed by atoms with Crippen LogP contribution in [0, 0.1) is 0 Å². The highest BCUT2D eigenvalue weighted by Crippen LogP contribution is 2.54. The third kappa shape index (κ3) is 3.43. The van der Waals surface area contributed by atoms with E-state index in [1.807, 2.05) is 0 Å². The molecule has 1 amide bonds. The van der Waals surface area contributed by atoms with Crippen LogP contribution in [-0.2, 0) is 11.3 Å². The average Bonchev–Trinajstić information content (AvgIpc) is 3.61. The zero-order chi connectivity index (χ0) is 23.8. The second-order valence-corrected chi connectivity index (χ2v) is 8.47. The number of hydrogen-bond donors (Lipinski definition) is 1. The van der Waals surface area contributed by atoms with Crippen molar-refractivity contribution in [2.75, 3.05) is 21.0 Å². The van der Waals surface area contributed by atoms with Crippen LogP contribution in [0.15, 0.2) is 59.4 Å². The Kier molecular flexibility index (Phi) is 5.58. The molecule has 1 aromatic carbocycles. The molecule has 2 aliphatic rings. The van der Waals surface area contributed by atoms with Crippen LogP contribution in [-0.4, -0.2) is 47.7 Å². The minimum Gasteiger partial charge on any atom is -0.503 e. The lowest BCUT2D eigenvalue weighted by Crippen LogP contribution is -2.31. The summed E-state index contributed by atoms with van der Waals surface area (Å²) in [7, 11) is 2.94. The Bertz CT molecular complexity index is 1290. The van der Waals surface area contributed by atoms with Gasteiger partial charge in [-0.05, 0) is 35.2 Å². The summed E-state index contributed by atoms with van der Waals surface area (Å²) in [5.41, 5.74) is 1.16. The van der Waals surface area contributed by atoms with E-state index in [1.165, 1.54) is 30.5 Å². The van der Waals surface area contributed by atoms with E-state index >= 15 is 0 Å². The predicted molar refractivity (Wildman–Crippen MR) is 122 cm³/mol. The molecule has 0 bridgehead atoms. The SMILES string of the molecule is COc1cc(C2C(C(=O)c3cccs3)=C(O)C(=O)N2Cc2ccncc2)c(OC)c2c1OCO2. The molecule has 0 saturated carbocycles. The number of carbonyl (C=O) groups is 2. The first-order chi connectivity index (χ1) is 16.5. The Morgan fingerprint density at radius 1 is 1.21 bits per heavy atom. The number of aliphatic hydroxyl groups excluding tert-OH is 1. The van der Waals surface area contributed by atoms with E-state index in [9.17, 15) is 14.7 Å². The number of carbonyl (C=O) groups excluding carboxylic acids is 2. The fourth-order valence-corrected chi connectivity index (χ4v) is 4.87. The molecule has 0 fully saturated rings. The lowest BCUT2D eigenvalue weighted by Gasteiger charge is -2.28. The van der Waals surface area contributed by atoms with E-state index in [-0.39, 0.29) is 24.7 Å². The van der Waals surface area contributed by atoms with Gasteiger partial charge < -0.3 is 29.0 Å². The van der Waals surface area contributed by atoms with Gasteiger partial charge in [-0.3, -0.25) is 14.6 Å². The summed E-state index contributed by atoms with van der Waals surface area (Å²) in [4.78, 5) is 32.6. The van der Waals surface area contributed by atoms with Crippen molar-refractivity contribution in [2.45, 2.75) is 12.6 Å². The monoisotopic (exact) mass is 480 g/mol. The average molecular weight is 480 g/mol. The molecule has 10 heteroatoms. The number of thiophene rings is 1. The summed E-state index contributed by atoms with van der Waals surface area (Å²) in [6, 6.07) is 7.59. The van der Waals surface area contributed by atoms with Gasteiger partial charge in [-0.1, -0.05) is 6.07 Å². The molecule has 1 unspecified atom stereocenters. The first kappa shape index (κ1) is 21.8. The van der Waals surface area contributed by atoms with Gasteiger partial charge >= 0.3 is 0 Å². The van der Waals surface area contributed by atoms with E-state index in [0.29, 0.717) is 27.7 Å². The van der Waals surface area contributed by atoms with Crippen molar-refractivity contribution in [2.24, 2.45) is 0 Å². The Hall–Kier alpha value is -4.05. The number of rotatable bonds is 7. The minimum absolute atomic E-state index is 0.0299. The summed E-state index contributed by atoms with van der Waals surface area (Å²) >= 11 is 1.23. The third-order valence-electron chi connectivity index (χ3n) is 5.71. The number of methoxy groups -OCH3 is 2. The molecular formula is C24H20N2O7S. The summed E-state index contributed by atoms with van der Waals surface area (Å²) in [6.07, 6.45) is 3.22. The molecule has 4 heterocycles. The standard InChI is InChI=1S/C24H20N2O7S/c1-30-15-10-14(21(31-2)23-22(15)32-12-33-23)18-17(19(27)16-4-3-9-34-16)20(28)24(29)26(18)11-13-5-7-25-8-6-13/h3-10,18,28H,11-12H2,1-2H3. The molecular weight excluding hydrogens is 460 g/mol. The summed E-state index contributed by atoms with van der Waals surface area (Å²) in [5, 5.41) is 12.7. The molecule has 0 radical (unpaired) electrons. The summed E-state index contributed by atoms with van der Waals surface area (Å²) in [5.74, 6) is -0.390. The molecule has 174 valence electrons. The maximum atomic E-state index is 13.5. The number of ether oxygens (including phenoxy) is 4. The molecule has 2 aromatic heterocycles. The summed E-state index contributed by atoms with van der Waals surface area (Å²) < 4.78 is 22.3. The molecule has 9 nitrogen and oxygen atoms in total. The summed E-state index contributed by atoms with van der Waals surface area (Å²) in [6.45, 7) is 0.0924. The lowest BCUT2D eigenvalue weighted by atomic mass is 9.93. The number of aromatic nitrogens is 1. The topological polar surface area (TPSA) is 107 Å². The highest BCUT2D eigenvalue weighted by Gasteiger charge is 2.46. The smallest absolute Gasteiger partial charge is 0.290 e. The van der Waals surface area contributed by atoms with Crippen LogP contribution in [0.25, 0.3) is 0 Å². The maximum Gasteiger partial charge on any atom is 0.290 e. The fourth-order valence-electron chi connectivity index (χ4n) is 4.20. The minimum atomic E-state index is -0.964. The van der Waals surface area contributed by atoms with Crippen molar-refractivity contribution in [1.29, 1.82) is 0 Å². The number of amides is 1. The zero-order valence-corrected chi connectivity index (χ0v) is 19.1. The van der Waals surface area contributed by atoms with Crippen molar-refractivity contribution in [1.82, 2.24) is 9.88 Å². The number of Topliss-reactive ketones (excluding diaryl/α,β-unsaturated/α-hetero) is 1. The van der Waals surface area contributed by atoms with Crippen molar-refractivity contribution in [3.05, 3.63) is 75.4 Å². The number of benzene rings is 1. The number of hydrogen-bond acceptors (Lipinski definition) is 9. The molecule has 0 saturated heterocycles. The van der Waals surface area contributed by atoms with E-state index < -0.39 is 23.5 Å². The van der Waals surface area contributed by atoms with Gasteiger partial charge in [0.15, 0.2) is 17.3 Å². The number of fused-ring (bicyclic) bond motifs is 1. The van der Waals surface area contributed by atoms with Gasteiger partial charge in [0.2, 0.25) is 24.1 Å². The normalized spacial score (nSPS) is 16.8. The van der Waals surface area contributed by atoms with Gasteiger partial charge in [0.05, 0.1) is 30.7 Å². The van der Waals surface area contributed by atoms with Crippen LogP contribution >= 0.6 is 11.3 Å². The van der Waals surface area contributed by atoms with Gasteiger partial charge in [0, 0.05) is 24.5 Å². The van der Waals surface area contributed by atoms with E-state index in [4.69, 9.17) is 18.9 Å². The molecule has 2 aliphatic heterocycles. The first-order valence-corrected chi connectivity index (χ1v) is 11.2. The fraction of sp³-hybridized carbons (Fsp3) is 0.208. The van der Waals surface area contributed by atoms with Gasteiger partial charge in [-0.25, -0.2) is 0 Å². The molecule has 3 aromatic rings. The van der Waals surface area contributed by atoms with Crippen LogP contribution in [0.2, 0.25) is 0 Å². The maximum absolute atomic E-state index is 13.5. The molecule has 0 spiro atoms. The molecule has 0 aliphatic carbocycles. The Morgan fingerprint density at radius 3 is 2.65 bits per heavy atom. The van der Waals surface area contributed by atoms with Gasteiger partial charge in [0.1, 0.15) is 0 Å². The Morgan fingerprint density at radius 2 is 1.97 bits per heavy atom. The predicted octanol–water partition coefficient (Wildman–Crippen LogP) is 3.67. The molecule has 1 atom stereocenters. The van der Waals surface area contributed by atoms with Crippen molar-refractivity contribution in [3.63, 3.8) is 0 Å². The molecule has 5 rings (SSSR count). The van der Waals surface area contributed by atoms with E-state index in [1.54, 1.807) is 48.1 Å². The largest absolute Gasteiger partial charge is 0.503 e. The van der Waals surface area contributed by atoms with Crippen molar-refractivity contribution < 1.29 is 33.6 Å². The number of aliphatic hydroxyl groups is 1. The number of ketones is 1. The van der Waals surface area contributed by atoms with Gasteiger partial charge in [-0.15, -0.1) is 11.3 Å². The third-order valence-corrected chi connectivity index (χ3v) is 6.57. The Balaban J connectivity index is 1.71. The molecule has 1 N–H and O–H groups in total. The highest BCUT2D eigenvalue weighted by atomic mass is 32.1. The number of nitrogens with zero attached hydrogens (tertiary/aromatic N) is 2.